The predicted molar refractivity (Wildman–Crippen MR) is 25.9 cm³/mol. The van der Waals surface area contributed by atoms with Gasteiger partial charge in [0.15, 0.2) is 6.10 Å². The average Bonchev–Trinajstić information content (AvgIpc) is 2.14. The van der Waals surface area contributed by atoms with Crippen LogP contribution in [0.5, 0.6) is 0 Å². The largest absolute Gasteiger partial charge is 0.462 e. The van der Waals surface area contributed by atoms with Crippen LogP contribution in [0.4, 0.5) is 4.39 Å². The molecule has 1 rings (SSSR count). The van der Waals surface area contributed by atoms with Crippen molar-refractivity contribution in [2.75, 3.05) is 13.3 Å². The van der Waals surface area contributed by atoms with E-state index in [2.05, 4.69) is 6.58 Å². The van der Waals surface area contributed by atoms with Gasteiger partial charge in [-0.2, -0.15) is 0 Å². The zero-order valence-corrected chi connectivity index (χ0v) is 4.39. The molecule has 46 valence electrons. The molecule has 1 fully saturated rings. The molecular formula is C5H7FO2. The van der Waals surface area contributed by atoms with E-state index in [4.69, 9.17) is 9.47 Å². The minimum atomic E-state index is -0.501. The first kappa shape index (κ1) is 5.41. The van der Waals surface area contributed by atoms with Crippen LogP contribution >= 0.6 is 0 Å². The Morgan fingerprint density at radius 1 is 1.88 bits per heavy atom. The molecule has 1 unspecified atom stereocenters. The Hall–Kier alpha value is -0.730. The van der Waals surface area contributed by atoms with Gasteiger partial charge in [0.2, 0.25) is 0 Å². The van der Waals surface area contributed by atoms with Gasteiger partial charge in [-0.3, -0.25) is 0 Å². The van der Waals surface area contributed by atoms with Crippen molar-refractivity contribution in [2.45, 2.75) is 6.10 Å². The van der Waals surface area contributed by atoms with Crippen LogP contribution in [0.25, 0.3) is 0 Å². The van der Waals surface area contributed by atoms with Gasteiger partial charge in [0.1, 0.15) is 13.3 Å². The van der Waals surface area contributed by atoms with E-state index < -0.39 is 12.8 Å². The van der Waals surface area contributed by atoms with Crippen molar-refractivity contribution in [1.82, 2.24) is 0 Å². The Labute approximate surface area is 46.9 Å². The van der Waals surface area contributed by atoms with Crippen molar-refractivity contribution in [2.24, 2.45) is 0 Å². The first-order valence-electron chi connectivity index (χ1n) is 2.37. The van der Waals surface area contributed by atoms with Crippen LogP contribution in [0, 0.1) is 0 Å². The molecule has 8 heavy (non-hydrogen) atoms. The number of alkyl halides is 1. The molecule has 0 bridgehead atoms. The van der Waals surface area contributed by atoms with Crippen molar-refractivity contribution in [3.05, 3.63) is 12.5 Å². The van der Waals surface area contributed by atoms with Crippen LogP contribution in [0.3, 0.4) is 0 Å². The fourth-order valence-electron chi connectivity index (χ4n) is 0.516. The van der Waals surface area contributed by atoms with Crippen LogP contribution in [0.1, 0.15) is 0 Å². The Bertz CT molecular complexity index is 103. The lowest BCUT2D eigenvalue weighted by atomic mass is 10.4. The maximum absolute atomic E-state index is 11.6. The van der Waals surface area contributed by atoms with E-state index in [9.17, 15) is 4.39 Å². The highest BCUT2D eigenvalue weighted by atomic mass is 19.1. The maximum atomic E-state index is 11.6. The highest BCUT2D eigenvalue weighted by Crippen LogP contribution is 2.12. The van der Waals surface area contributed by atoms with Gasteiger partial charge in [0.05, 0.1) is 0 Å². The third kappa shape index (κ3) is 0.911. The van der Waals surface area contributed by atoms with Gasteiger partial charge < -0.3 is 9.47 Å². The van der Waals surface area contributed by atoms with Gasteiger partial charge in [-0.15, -0.1) is 0 Å². The number of rotatable bonds is 1. The van der Waals surface area contributed by atoms with Crippen molar-refractivity contribution >= 4 is 0 Å². The Balaban J connectivity index is 2.32. The number of hydrogen-bond donors (Lipinski definition) is 0. The fraction of sp³-hybridized carbons (Fsp3) is 0.600. The standard InChI is InChI=1S/C5H7FO2/c1-4-7-3-5(2-6)8-4/h5H,1-3H2. The van der Waals surface area contributed by atoms with Crippen molar-refractivity contribution in [3.8, 4) is 0 Å². The molecule has 0 saturated carbocycles. The van der Waals surface area contributed by atoms with Crippen LogP contribution in [-0.2, 0) is 9.47 Å². The van der Waals surface area contributed by atoms with Gasteiger partial charge in [-0.1, -0.05) is 0 Å². The Morgan fingerprint density at radius 2 is 2.62 bits per heavy atom. The second kappa shape index (κ2) is 2.03. The molecule has 1 saturated heterocycles. The van der Waals surface area contributed by atoms with E-state index in [1.54, 1.807) is 0 Å². The summed E-state index contributed by atoms with van der Waals surface area (Å²) in [5.41, 5.74) is 0. The molecule has 3 heteroatoms. The van der Waals surface area contributed by atoms with Gasteiger partial charge in [-0.25, -0.2) is 4.39 Å². The normalized spacial score (nSPS) is 27.1. The lowest BCUT2D eigenvalue weighted by molar-refractivity contribution is 0.126. The molecular weight excluding hydrogens is 111 g/mol. The molecule has 1 heterocycles. The molecule has 0 aliphatic carbocycles. The number of halogens is 1. The summed E-state index contributed by atoms with van der Waals surface area (Å²) in [4.78, 5) is 0. The summed E-state index contributed by atoms with van der Waals surface area (Å²) in [6, 6.07) is 0. The zero-order valence-electron chi connectivity index (χ0n) is 4.39. The molecule has 2 nitrogen and oxygen atoms in total. The lowest BCUT2D eigenvalue weighted by Gasteiger charge is -1.97. The molecule has 1 aliphatic rings. The second-order valence-corrected chi connectivity index (χ2v) is 1.58. The molecule has 0 spiro atoms. The van der Waals surface area contributed by atoms with Gasteiger partial charge in [0, 0.05) is 0 Å². The average molecular weight is 118 g/mol. The molecule has 0 N–H and O–H groups in total. The van der Waals surface area contributed by atoms with Crippen molar-refractivity contribution in [1.29, 1.82) is 0 Å². The summed E-state index contributed by atoms with van der Waals surface area (Å²) in [6.45, 7) is 3.14. The van der Waals surface area contributed by atoms with Crippen molar-refractivity contribution in [3.63, 3.8) is 0 Å². The van der Waals surface area contributed by atoms with Crippen LogP contribution in [-0.4, -0.2) is 19.4 Å². The van der Waals surface area contributed by atoms with E-state index in [0.29, 0.717) is 6.61 Å². The summed E-state index contributed by atoms with van der Waals surface area (Å²) >= 11 is 0. The van der Waals surface area contributed by atoms with E-state index in [1.807, 2.05) is 0 Å². The minimum absolute atomic E-state index is 0.229. The quantitative estimate of drug-likeness (QED) is 0.508. The molecule has 1 aliphatic heterocycles. The number of ether oxygens (including phenoxy) is 2. The van der Waals surface area contributed by atoms with Gasteiger partial charge in [-0.05, 0) is 6.58 Å². The van der Waals surface area contributed by atoms with Crippen molar-refractivity contribution < 1.29 is 13.9 Å². The van der Waals surface area contributed by atoms with Crippen LogP contribution < -0.4 is 0 Å². The van der Waals surface area contributed by atoms with Crippen LogP contribution in [0.2, 0.25) is 0 Å². The summed E-state index contributed by atoms with van der Waals surface area (Å²) in [5.74, 6) is 0.229. The topological polar surface area (TPSA) is 18.5 Å². The van der Waals surface area contributed by atoms with E-state index in [0.717, 1.165) is 0 Å². The van der Waals surface area contributed by atoms with Gasteiger partial charge >= 0.3 is 0 Å². The maximum Gasteiger partial charge on any atom is 0.272 e. The smallest absolute Gasteiger partial charge is 0.272 e. The third-order valence-corrected chi connectivity index (χ3v) is 0.900. The molecule has 0 amide bonds. The molecule has 0 aromatic rings. The SMILES string of the molecule is C=C1OCC(CF)O1. The number of hydrogen-bond acceptors (Lipinski definition) is 2. The van der Waals surface area contributed by atoms with Gasteiger partial charge in [0.25, 0.3) is 5.95 Å². The Morgan fingerprint density at radius 3 is 2.88 bits per heavy atom. The molecule has 0 aromatic carbocycles. The summed E-state index contributed by atoms with van der Waals surface area (Å²) in [5, 5.41) is 0. The molecule has 1 atom stereocenters. The first-order valence-corrected chi connectivity index (χ1v) is 2.37. The van der Waals surface area contributed by atoms with Crippen LogP contribution in [0.15, 0.2) is 12.5 Å². The second-order valence-electron chi connectivity index (χ2n) is 1.58. The first-order chi connectivity index (χ1) is 3.83. The monoisotopic (exact) mass is 118 g/mol. The summed E-state index contributed by atoms with van der Waals surface area (Å²) in [7, 11) is 0. The lowest BCUT2D eigenvalue weighted by Crippen LogP contribution is -2.10. The zero-order chi connectivity index (χ0) is 5.98. The third-order valence-electron chi connectivity index (χ3n) is 0.900. The minimum Gasteiger partial charge on any atom is -0.462 e. The predicted octanol–water partition coefficient (Wildman–Crippen LogP) is 0.843. The van der Waals surface area contributed by atoms with E-state index >= 15 is 0 Å². The fourth-order valence-corrected chi connectivity index (χ4v) is 0.516. The summed E-state index contributed by atoms with van der Waals surface area (Å²) in [6.07, 6.45) is -0.414. The summed E-state index contributed by atoms with van der Waals surface area (Å²) < 4.78 is 21.0. The highest BCUT2D eigenvalue weighted by molar-refractivity contribution is 4.78. The molecule has 0 radical (unpaired) electrons. The Kier molecular flexibility index (Phi) is 1.37. The molecule has 0 aromatic heterocycles. The highest BCUT2D eigenvalue weighted by Gasteiger charge is 2.19. The van der Waals surface area contributed by atoms with E-state index in [1.165, 1.54) is 0 Å². The van der Waals surface area contributed by atoms with E-state index in [-0.39, 0.29) is 5.95 Å².